The molecule has 0 bridgehead atoms. The highest BCUT2D eigenvalue weighted by atomic mass is 16.6. The topological polar surface area (TPSA) is 86.0 Å². The Labute approximate surface area is 269 Å². The molecule has 0 radical (unpaired) electrons. The van der Waals surface area contributed by atoms with E-state index in [1.165, 1.54) is 5.56 Å². The van der Waals surface area contributed by atoms with Crippen molar-refractivity contribution in [2.45, 2.75) is 92.1 Å². The molecule has 2 aromatic carbocycles. The third-order valence-electron chi connectivity index (χ3n) is 7.89. The lowest BCUT2D eigenvalue weighted by Crippen LogP contribution is -2.25. The number of fused-ring (bicyclic) bond motifs is 1. The van der Waals surface area contributed by atoms with Crippen molar-refractivity contribution in [3.05, 3.63) is 82.6 Å². The zero-order chi connectivity index (χ0) is 33.1. The van der Waals surface area contributed by atoms with E-state index in [-0.39, 0.29) is 25.0 Å². The van der Waals surface area contributed by atoms with Crippen molar-refractivity contribution < 1.29 is 28.6 Å². The second-order valence-electron chi connectivity index (χ2n) is 13.5. The van der Waals surface area contributed by atoms with Crippen LogP contribution in [0, 0.1) is 36.5 Å². The SMILES string of the molecule is CO.Cc1ccc(C#Cc2ccc3oc(C(C)(C)CC(=O)OCC4C/C(=C\CC(CC(C)C)CC(C)C)C(=O)O4)cc3c2)cc1. The smallest absolute Gasteiger partial charge is 0.334 e. The Bertz CT molecular complexity index is 1500. The number of carbonyl (C=O) groups excluding carboxylic acids is 2. The summed E-state index contributed by atoms with van der Waals surface area (Å²) in [6, 6.07) is 16.0. The summed E-state index contributed by atoms with van der Waals surface area (Å²) < 4.78 is 17.2. The standard InChI is InChI=1S/C38H46O5.CH4O/c1-25(2)18-30(19-26(3)4)14-16-31-21-33(42-37(31)40)24-41-36(39)23-38(6,7)35-22-32-20-29(15-17-34(32)43-35)13-12-28-10-8-27(5)9-11-28;1-2/h8-11,15-17,20,22,25-26,30,33H,14,18-19,21,23-24H2,1-7H3;2H,1H3/b31-16+;. The van der Waals surface area contributed by atoms with Gasteiger partial charge in [0.05, 0.1) is 6.42 Å². The summed E-state index contributed by atoms with van der Waals surface area (Å²) in [5, 5.41) is 7.94. The van der Waals surface area contributed by atoms with Gasteiger partial charge in [-0.15, -0.1) is 0 Å². The fourth-order valence-electron chi connectivity index (χ4n) is 5.71. The lowest BCUT2D eigenvalue weighted by Gasteiger charge is -2.21. The van der Waals surface area contributed by atoms with Gasteiger partial charge in [-0.1, -0.05) is 77.2 Å². The molecule has 1 aliphatic heterocycles. The molecule has 0 saturated carbocycles. The van der Waals surface area contributed by atoms with Crippen LogP contribution in [0.25, 0.3) is 11.0 Å². The molecule has 1 saturated heterocycles. The molecule has 1 atom stereocenters. The van der Waals surface area contributed by atoms with Crippen molar-refractivity contribution in [1.82, 2.24) is 0 Å². The van der Waals surface area contributed by atoms with Gasteiger partial charge < -0.3 is 19.0 Å². The van der Waals surface area contributed by atoms with Gasteiger partial charge >= 0.3 is 11.9 Å². The number of aryl methyl sites for hydroxylation is 1. The minimum absolute atomic E-state index is 0.0581. The van der Waals surface area contributed by atoms with Crippen LogP contribution in [0.15, 0.2) is 64.6 Å². The average Bonchev–Trinajstić information content (AvgIpc) is 3.58. The minimum Gasteiger partial charge on any atom is -0.462 e. The molecule has 1 unspecified atom stereocenters. The molecule has 0 amide bonds. The highest BCUT2D eigenvalue weighted by molar-refractivity contribution is 5.90. The van der Waals surface area contributed by atoms with Crippen molar-refractivity contribution >= 4 is 22.9 Å². The maximum atomic E-state index is 12.8. The van der Waals surface area contributed by atoms with Crippen LogP contribution in [0.3, 0.4) is 0 Å². The highest BCUT2D eigenvalue weighted by Gasteiger charge is 2.32. The van der Waals surface area contributed by atoms with Crippen LogP contribution in [-0.2, 0) is 24.5 Å². The molecule has 1 aromatic heterocycles. The Hall–Kier alpha value is -3.82. The molecule has 0 aliphatic carbocycles. The van der Waals surface area contributed by atoms with E-state index in [4.69, 9.17) is 19.0 Å². The quantitative estimate of drug-likeness (QED) is 0.133. The van der Waals surface area contributed by atoms with Crippen molar-refractivity contribution in [3.63, 3.8) is 0 Å². The molecular formula is C39H50O6. The van der Waals surface area contributed by atoms with Crippen molar-refractivity contribution in [1.29, 1.82) is 0 Å². The largest absolute Gasteiger partial charge is 0.462 e. The van der Waals surface area contributed by atoms with Gasteiger partial charge in [-0.05, 0) is 80.3 Å². The number of cyclic esters (lactones) is 1. The van der Waals surface area contributed by atoms with E-state index in [1.54, 1.807) is 0 Å². The number of rotatable bonds is 11. The Morgan fingerprint density at radius 2 is 1.62 bits per heavy atom. The van der Waals surface area contributed by atoms with Crippen molar-refractivity contribution in [2.24, 2.45) is 17.8 Å². The molecule has 1 N–H and O–H groups in total. The van der Waals surface area contributed by atoms with Crippen LogP contribution in [0.2, 0.25) is 0 Å². The number of aliphatic hydroxyl groups is 1. The summed E-state index contributed by atoms with van der Waals surface area (Å²) in [6.45, 7) is 15.0. The Kier molecular flexibility index (Phi) is 13.1. The number of esters is 2. The molecule has 3 aromatic rings. The number of aliphatic hydroxyl groups excluding tert-OH is 1. The zero-order valence-corrected chi connectivity index (χ0v) is 28.2. The van der Waals surface area contributed by atoms with E-state index in [9.17, 15) is 9.59 Å². The molecule has 2 heterocycles. The zero-order valence-electron chi connectivity index (χ0n) is 28.2. The Morgan fingerprint density at radius 3 is 2.27 bits per heavy atom. The summed E-state index contributed by atoms with van der Waals surface area (Å²) >= 11 is 0. The third-order valence-corrected chi connectivity index (χ3v) is 7.89. The van der Waals surface area contributed by atoms with E-state index < -0.39 is 11.5 Å². The van der Waals surface area contributed by atoms with Crippen molar-refractivity contribution in [3.8, 4) is 11.8 Å². The predicted octanol–water partition coefficient (Wildman–Crippen LogP) is 8.30. The van der Waals surface area contributed by atoms with Gasteiger partial charge in [0.1, 0.15) is 24.1 Å². The fourth-order valence-corrected chi connectivity index (χ4v) is 5.71. The van der Waals surface area contributed by atoms with Crippen LogP contribution in [0.5, 0.6) is 0 Å². The second kappa shape index (κ2) is 16.5. The van der Waals surface area contributed by atoms with E-state index in [1.807, 2.05) is 56.3 Å². The van der Waals surface area contributed by atoms with Gasteiger partial charge in [0, 0.05) is 41.0 Å². The number of furan rings is 1. The lowest BCUT2D eigenvalue weighted by atomic mass is 9.86. The van der Waals surface area contributed by atoms with Gasteiger partial charge in [0.2, 0.25) is 0 Å². The fraction of sp³-hybridized carbons (Fsp3) is 0.487. The van der Waals surface area contributed by atoms with Gasteiger partial charge in [-0.3, -0.25) is 4.79 Å². The first-order chi connectivity index (χ1) is 21.4. The first-order valence-electron chi connectivity index (χ1n) is 16.0. The molecular weight excluding hydrogens is 564 g/mol. The monoisotopic (exact) mass is 614 g/mol. The highest BCUT2D eigenvalue weighted by Crippen LogP contribution is 2.33. The summed E-state index contributed by atoms with van der Waals surface area (Å²) in [7, 11) is 1.00. The second-order valence-corrected chi connectivity index (χ2v) is 13.5. The maximum absolute atomic E-state index is 12.8. The lowest BCUT2D eigenvalue weighted by molar-refractivity contribution is -0.153. The van der Waals surface area contributed by atoms with Crippen LogP contribution >= 0.6 is 0 Å². The Morgan fingerprint density at radius 1 is 1.00 bits per heavy atom. The van der Waals surface area contributed by atoms with Gasteiger partial charge in [0.25, 0.3) is 0 Å². The number of hydrogen-bond acceptors (Lipinski definition) is 6. The number of ether oxygens (including phenoxy) is 2. The summed E-state index contributed by atoms with van der Waals surface area (Å²) in [5.41, 5.74) is 3.93. The van der Waals surface area contributed by atoms with Gasteiger partial charge in [0.15, 0.2) is 0 Å². The number of benzene rings is 2. The minimum atomic E-state index is -0.580. The average molecular weight is 615 g/mol. The number of allylic oxidation sites excluding steroid dienone is 1. The van der Waals surface area contributed by atoms with Crippen LogP contribution in [-0.4, -0.2) is 36.9 Å². The molecule has 45 heavy (non-hydrogen) atoms. The van der Waals surface area contributed by atoms with E-state index in [2.05, 4.69) is 58.6 Å². The molecule has 4 rings (SSSR count). The number of carbonyl (C=O) groups is 2. The maximum Gasteiger partial charge on any atom is 0.334 e. The van der Waals surface area contributed by atoms with E-state index in [0.29, 0.717) is 35.5 Å². The van der Waals surface area contributed by atoms with Gasteiger partial charge in [-0.25, -0.2) is 4.79 Å². The first-order valence-corrected chi connectivity index (χ1v) is 16.0. The summed E-state index contributed by atoms with van der Waals surface area (Å²) in [5.74, 6) is 8.29. The predicted molar refractivity (Wildman–Crippen MR) is 180 cm³/mol. The van der Waals surface area contributed by atoms with E-state index >= 15 is 0 Å². The molecule has 6 nitrogen and oxygen atoms in total. The molecule has 0 spiro atoms. The summed E-state index contributed by atoms with van der Waals surface area (Å²) in [4.78, 5) is 25.3. The van der Waals surface area contributed by atoms with Crippen LogP contribution in [0.1, 0.15) is 96.1 Å². The van der Waals surface area contributed by atoms with Crippen molar-refractivity contribution in [2.75, 3.05) is 13.7 Å². The first kappa shape index (κ1) is 35.7. The van der Waals surface area contributed by atoms with Crippen LogP contribution in [0.4, 0.5) is 0 Å². The molecule has 1 aliphatic rings. The summed E-state index contributed by atoms with van der Waals surface area (Å²) in [6.07, 6.45) is 5.38. The number of hydrogen-bond donors (Lipinski definition) is 1. The third kappa shape index (κ3) is 10.9. The normalized spacial score (nSPS) is 15.7. The van der Waals surface area contributed by atoms with Gasteiger partial charge in [-0.2, -0.15) is 0 Å². The Balaban J connectivity index is 0.00000271. The molecule has 242 valence electrons. The molecule has 1 fully saturated rings. The van der Waals surface area contributed by atoms with E-state index in [0.717, 1.165) is 48.5 Å². The molecule has 6 heteroatoms. The van der Waals surface area contributed by atoms with Crippen LogP contribution < -0.4 is 0 Å².